The van der Waals surface area contributed by atoms with Crippen molar-refractivity contribution >= 4 is 5.97 Å². The fraction of sp³-hybridized carbons (Fsp3) is 0.333. The number of hydrogen-bond donors (Lipinski definition) is 2. The molecule has 1 aliphatic rings. The molecule has 6 heteroatoms. The molecule has 0 amide bonds. The van der Waals surface area contributed by atoms with Gasteiger partial charge in [0.25, 0.3) is 0 Å². The molecule has 1 saturated heterocycles. The number of carboxylic acid groups (broad SMARTS) is 1. The molecule has 1 aromatic heterocycles. The first-order valence-electron chi connectivity index (χ1n) is 10.3. The van der Waals surface area contributed by atoms with E-state index in [2.05, 4.69) is 34.3 Å². The molecule has 2 N–H and O–H groups in total. The van der Waals surface area contributed by atoms with Crippen molar-refractivity contribution in [2.45, 2.75) is 32.0 Å². The van der Waals surface area contributed by atoms with E-state index in [1.165, 1.54) is 5.56 Å². The van der Waals surface area contributed by atoms with Gasteiger partial charge in [0.05, 0.1) is 12.6 Å². The Kier molecular flexibility index (Phi) is 5.97. The molecule has 30 heavy (non-hydrogen) atoms. The van der Waals surface area contributed by atoms with E-state index in [0.29, 0.717) is 32.5 Å². The van der Waals surface area contributed by atoms with Crippen LogP contribution in [0.2, 0.25) is 0 Å². The second kappa shape index (κ2) is 8.81. The third kappa shape index (κ3) is 4.45. The summed E-state index contributed by atoms with van der Waals surface area (Å²) in [7, 11) is 0. The van der Waals surface area contributed by atoms with Gasteiger partial charge in [-0.15, -0.1) is 0 Å². The van der Waals surface area contributed by atoms with Crippen LogP contribution in [-0.2, 0) is 24.3 Å². The van der Waals surface area contributed by atoms with Gasteiger partial charge in [0.2, 0.25) is 0 Å². The molecule has 0 radical (unpaired) electrons. The summed E-state index contributed by atoms with van der Waals surface area (Å²) in [6.45, 7) is 2.43. The van der Waals surface area contributed by atoms with E-state index in [1.54, 1.807) is 6.20 Å². The fourth-order valence-electron chi connectivity index (χ4n) is 4.26. The lowest BCUT2D eigenvalue weighted by Crippen LogP contribution is -2.55. The normalized spacial score (nSPS) is 22.1. The highest BCUT2D eigenvalue weighted by Gasteiger charge is 2.48. The van der Waals surface area contributed by atoms with Crippen molar-refractivity contribution in [3.05, 3.63) is 89.7 Å². The van der Waals surface area contributed by atoms with Crippen molar-refractivity contribution in [1.82, 2.24) is 14.7 Å². The number of likely N-dealkylation sites (tertiary alicyclic amines) is 1. The van der Waals surface area contributed by atoms with Crippen LogP contribution in [0.15, 0.2) is 73.1 Å². The molecule has 6 nitrogen and oxygen atoms in total. The van der Waals surface area contributed by atoms with Gasteiger partial charge in [0.1, 0.15) is 5.41 Å². The third-order valence-electron chi connectivity index (χ3n) is 6.06. The molecule has 0 saturated carbocycles. The number of β-amino-alcohol motifs (C(OH)–C–C–N with tert-alkyl or cyclic N) is 1. The fourth-order valence-corrected chi connectivity index (χ4v) is 4.26. The van der Waals surface area contributed by atoms with Gasteiger partial charge in [-0.3, -0.25) is 14.4 Å². The smallest absolute Gasteiger partial charge is 0.312 e. The maximum absolute atomic E-state index is 12.1. The number of nitrogens with zero attached hydrogens (tertiary/aromatic N) is 3. The van der Waals surface area contributed by atoms with E-state index in [0.717, 1.165) is 17.7 Å². The first-order chi connectivity index (χ1) is 14.5. The molecule has 2 atom stereocenters. The molecule has 0 aliphatic carbocycles. The summed E-state index contributed by atoms with van der Waals surface area (Å²) in [5.41, 5.74) is 2.14. The van der Waals surface area contributed by atoms with Crippen LogP contribution in [0.1, 0.15) is 23.1 Å². The molecule has 3 aromatic rings. The number of hydrogen-bond acceptors (Lipinski definition) is 4. The van der Waals surface area contributed by atoms with Gasteiger partial charge in [-0.2, -0.15) is 5.10 Å². The average molecular weight is 405 g/mol. The molecule has 2 heterocycles. The zero-order valence-corrected chi connectivity index (χ0v) is 16.9. The minimum Gasteiger partial charge on any atom is -0.481 e. The van der Waals surface area contributed by atoms with Gasteiger partial charge >= 0.3 is 5.97 Å². The Morgan fingerprint density at radius 3 is 2.30 bits per heavy atom. The number of aliphatic hydroxyl groups excluding tert-OH is 1. The van der Waals surface area contributed by atoms with Crippen LogP contribution >= 0.6 is 0 Å². The number of piperidine rings is 1. The molecule has 2 aromatic carbocycles. The number of rotatable bonds is 7. The van der Waals surface area contributed by atoms with Crippen molar-refractivity contribution in [3.8, 4) is 0 Å². The van der Waals surface area contributed by atoms with Crippen molar-refractivity contribution in [2.75, 3.05) is 13.1 Å². The lowest BCUT2D eigenvalue weighted by Gasteiger charge is -2.43. The first-order valence-corrected chi connectivity index (χ1v) is 10.3. The van der Waals surface area contributed by atoms with E-state index in [9.17, 15) is 15.0 Å². The average Bonchev–Trinajstić information content (AvgIpc) is 3.25. The number of carboxylic acids is 1. The third-order valence-corrected chi connectivity index (χ3v) is 6.06. The Hall–Kier alpha value is -2.96. The van der Waals surface area contributed by atoms with Crippen molar-refractivity contribution in [3.63, 3.8) is 0 Å². The number of aliphatic hydroxyl groups is 1. The maximum atomic E-state index is 12.1. The minimum absolute atomic E-state index is 0.348. The minimum atomic E-state index is -1.13. The topological polar surface area (TPSA) is 78.6 Å². The zero-order valence-electron chi connectivity index (χ0n) is 16.9. The highest BCUT2D eigenvalue weighted by atomic mass is 16.4. The lowest BCUT2D eigenvalue weighted by molar-refractivity contribution is -0.163. The van der Waals surface area contributed by atoms with Crippen LogP contribution in [0, 0.1) is 5.41 Å². The number of aromatic nitrogens is 2. The summed E-state index contributed by atoms with van der Waals surface area (Å²) in [6, 6.07) is 19.8. The first kappa shape index (κ1) is 20.3. The second-order valence-electron chi connectivity index (χ2n) is 8.14. The molecule has 0 spiro atoms. The summed E-state index contributed by atoms with van der Waals surface area (Å²) in [4.78, 5) is 14.3. The highest BCUT2D eigenvalue weighted by molar-refractivity contribution is 5.76. The van der Waals surface area contributed by atoms with Crippen LogP contribution in [0.4, 0.5) is 0 Å². The molecule has 4 rings (SSSR count). The Morgan fingerprint density at radius 2 is 1.70 bits per heavy atom. The number of carbonyl (C=O) groups is 1. The molecule has 0 unspecified atom stereocenters. The summed E-state index contributed by atoms with van der Waals surface area (Å²) < 4.78 is 1.88. The highest BCUT2D eigenvalue weighted by Crippen LogP contribution is 2.36. The van der Waals surface area contributed by atoms with Gasteiger partial charge in [-0.05, 0) is 42.1 Å². The number of aliphatic carboxylic acids is 1. The zero-order chi connectivity index (χ0) is 21.0. The standard InChI is InChI=1S/C24H27N3O3/c28-22-18-26(14-11-24(22,23(29)30)15-19-5-2-1-3-6-19)16-20-7-9-21(10-8-20)17-27-13-4-12-25-27/h1-10,12-13,22,28H,11,14-18H2,(H,29,30)/t22-,24-/m1/s1. The SMILES string of the molecule is O=C(O)[C@@]1(Cc2ccccc2)CCN(Cc2ccc(Cn3cccn3)cc2)C[C@H]1O. The van der Waals surface area contributed by atoms with Gasteiger partial charge < -0.3 is 10.2 Å². The van der Waals surface area contributed by atoms with E-state index >= 15 is 0 Å². The van der Waals surface area contributed by atoms with Gasteiger partial charge in [0, 0.05) is 25.5 Å². The molecule has 0 bridgehead atoms. The lowest BCUT2D eigenvalue weighted by atomic mass is 9.71. The monoisotopic (exact) mass is 405 g/mol. The van der Waals surface area contributed by atoms with Crippen LogP contribution in [0.5, 0.6) is 0 Å². The summed E-state index contributed by atoms with van der Waals surface area (Å²) in [5.74, 6) is -0.915. The largest absolute Gasteiger partial charge is 0.481 e. The quantitative estimate of drug-likeness (QED) is 0.632. The Morgan fingerprint density at radius 1 is 1.00 bits per heavy atom. The molecule has 1 aliphatic heterocycles. The molecule has 156 valence electrons. The predicted molar refractivity (Wildman–Crippen MR) is 114 cm³/mol. The van der Waals surface area contributed by atoms with E-state index in [1.807, 2.05) is 47.3 Å². The van der Waals surface area contributed by atoms with Gasteiger partial charge in [0.15, 0.2) is 0 Å². The van der Waals surface area contributed by atoms with Crippen LogP contribution in [0.25, 0.3) is 0 Å². The van der Waals surface area contributed by atoms with E-state index < -0.39 is 17.5 Å². The Balaban J connectivity index is 1.39. The summed E-state index contributed by atoms with van der Waals surface area (Å²) in [6.07, 6.45) is 3.57. The Labute approximate surface area is 176 Å². The Bertz CT molecular complexity index is 957. The molecular weight excluding hydrogens is 378 g/mol. The van der Waals surface area contributed by atoms with Crippen LogP contribution < -0.4 is 0 Å². The molecular formula is C24H27N3O3. The summed E-state index contributed by atoms with van der Waals surface area (Å²) >= 11 is 0. The van der Waals surface area contributed by atoms with Crippen molar-refractivity contribution < 1.29 is 15.0 Å². The van der Waals surface area contributed by atoms with E-state index in [4.69, 9.17) is 0 Å². The van der Waals surface area contributed by atoms with Crippen molar-refractivity contribution in [1.29, 1.82) is 0 Å². The van der Waals surface area contributed by atoms with Gasteiger partial charge in [-0.1, -0.05) is 54.6 Å². The van der Waals surface area contributed by atoms with Gasteiger partial charge in [-0.25, -0.2) is 0 Å². The maximum Gasteiger partial charge on any atom is 0.312 e. The van der Waals surface area contributed by atoms with Crippen LogP contribution in [0.3, 0.4) is 0 Å². The molecule has 1 fully saturated rings. The van der Waals surface area contributed by atoms with E-state index in [-0.39, 0.29) is 0 Å². The van der Waals surface area contributed by atoms with Crippen LogP contribution in [-0.4, -0.2) is 50.1 Å². The number of benzene rings is 2. The summed E-state index contributed by atoms with van der Waals surface area (Å²) in [5, 5.41) is 25.0. The second-order valence-corrected chi connectivity index (χ2v) is 8.14. The van der Waals surface area contributed by atoms with Crippen molar-refractivity contribution in [2.24, 2.45) is 5.41 Å². The predicted octanol–water partition coefficient (Wildman–Crippen LogP) is 2.81.